The van der Waals surface area contributed by atoms with Crippen molar-refractivity contribution in [2.24, 2.45) is 0 Å². The number of carbonyl (C=O) groups excluding carboxylic acids is 2. The summed E-state index contributed by atoms with van der Waals surface area (Å²) in [5.41, 5.74) is 0.876. The molecule has 0 bridgehead atoms. The largest absolute Gasteiger partial charge is 0.338 e. The number of likely N-dealkylation sites (N-methyl/N-ethyl adjacent to an activating group) is 1. The fourth-order valence-corrected chi connectivity index (χ4v) is 4.86. The average molecular weight is 411 g/mol. The molecule has 1 aromatic rings. The van der Waals surface area contributed by atoms with Crippen LogP contribution in [0.3, 0.4) is 0 Å². The maximum absolute atomic E-state index is 13.0. The highest BCUT2D eigenvalue weighted by atomic mass is 16.2. The van der Waals surface area contributed by atoms with Crippen molar-refractivity contribution in [2.45, 2.75) is 76.3 Å². The topological polar surface area (TPSA) is 76.4 Å². The average Bonchev–Trinajstić information content (AvgIpc) is 2.78. The fourth-order valence-electron chi connectivity index (χ4n) is 4.86. The third-order valence-corrected chi connectivity index (χ3v) is 6.83. The van der Waals surface area contributed by atoms with E-state index >= 15 is 0 Å². The van der Waals surface area contributed by atoms with Crippen LogP contribution in [-0.4, -0.2) is 53.3 Å². The summed E-state index contributed by atoms with van der Waals surface area (Å²) in [4.78, 5) is 29.4. The number of amides is 2. The lowest BCUT2D eigenvalue weighted by molar-refractivity contribution is -0.135. The summed E-state index contributed by atoms with van der Waals surface area (Å²) in [6, 6.07) is 8.44. The van der Waals surface area contributed by atoms with Crippen LogP contribution >= 0.6 is 0 Å². The summed E-state index contributed by atoms with van der Waals surface area (Å²) in [6.45, 7) is 6.71. The second-order valence-corrected chi connectivity index (χ2v) is 9.09. The number of hydrogen-bond acceptors (Lipinski definition) is 4. The maximum atomic E-state index is 13.0. The van der Waals surface area contributed by atoms with Gasteiger partial charge in [0, 0.05) is 18.7 Å². The van der Waals surface area contributed by atoms with Crippen LogP contribution in [0, 0.1) is 11.5 Å². The maximum Gasteiger partial charge on any atom is 0.261 e. The summed E-state index contributed by atoms with van der Waals surface area (Å²) in [7, 11) is 1.46. The van der Waals surface area contributed by atoms with Crippen molar-refractivity contribution in [1.82, 2.24) is 15.1 Å². The van der Waals surface area contributed by atoms with Gasteiger partial charge in [-0.15, -0.1) is 0 Å². The Kier molecular flexibility index (Phi) is 7.14. The Morgan fingerprint density at radius 2 is 1.73 bits per heavy atom. The van der Waals surface area contributed by atoms with Crippen molar-refractivity contribution in [1.29, 1.82) is 5.26 Å². The monoisotopic (exact) mass is 410 g/mol. The van der Waals surface area contributed by atoms with E-state index < -0.39 is 5.54 Å². The minimum Gasteiger partial charge on any atom is -0.338 e. The predicted octanol–water partition coefficient (Wildman–Crippen LogP) is 3.65. The van der Waals surface area contributed by atoms with Crippen molar-refractivity contribution in [3.8, 4) is 6.19 Å². The molecule has 2 aliphatic rings. The van der Waals surface area contributed by atoms with Crippen molar-refractivity contribution in [2.75, 3.05) is 20.1 Å². The van der Waals surface area contributed by atoms with E-state index in [0.29, 0.717) is 30.4 Å². The normalized spacial score (nSPS) is 19.8. The standard InChI is InChI=1S/C24H34N4O2/c1-18(2)28-15-11-20(12-16-28)19-7-9-21(10-8-19)22(29)26-24(13-5-4-6-14-24)23(30)27(3)17-25/h7-10,18,20H,4-6,11-16H2,1-3H3,(H,26,29). The molecule has 3 rings (SSSR count). The van der Waals surface area contributed by atoms with Gasteiger partial charge in [-0.1, -0.05) is 31.4 Å². The Hall–Kier alpha value is -2.39. The van der Waals surface area contributed by atoms with Gasteiger partial charge in [-0.3, -0.25) is 14.5 Å². The number of hydrogen-bond donors (Lipinski definition) is 1. The van der Waals surface area contributed by atoms with Gasteiger partial charge in [-0.2, -0.15) is 5.26 Å². The fraction of sp³-hybridized carbons (Fsp3) is 0.625. The number of nitrogens with zero attached hydrogens (tertiary/aromatic N) is 3. The molecule has 1 saturated heterocycles. The number of rotatable bonds is 5. The van der Waals surface area contributed by atoms with Gasteiger partial charge in [0.2, 0.25) is 0 Å². The molecule has 1 aliphatic heterocycles. The van der Waals surface area contributed by atoms with E-state index in [4.69, 9.17) is 5.26 Å². The molecular weight excluding hydrogens is 376 g/mol. The van der Waals surface area contributed by atoms with Gasteiger partial charge in [-0.25, -0.2) is 0 Å². The summed E-state index contributed by atoms with van der Waals surface area (Å²) in [5, 5.41) is 12.1. The Balaban J connectivity index is 1.68. The van der Waals surface area contributed by atoms with E-state index in [1.165, 1.54) is 12.6 Å². The number of benzene rings is 1. The third-order valence-electron chi connectivity index (χ3n) is 6.83. The lowest BCUT2D eigenvalue weighted by Crippen LogP contribution is -2.59. The van der Waals surface area contributed by atoms with E-state index in [2.05, 4.69) is 36.2 Å². The summed E-state index contributed by atoms with van der Waals surface area (Å²) >= 11 is 0. The summed E-state index contributed by atoms with van der Waals surface area (Å²) in [5.74, 6) is -0.0167. The Morgan fingerprint density at radius 3 is 2.27 bits per heavy atom. The number of carbonyl (C=O) groups is 2. The summed E-state index contributed by atoms with van der Waals surface area (Å²) < 4.78 is 0. The van der Waals surface area contributed by atoms with E-state index in [1.807, 2.05) is 18.3 Å². The first kappa shape index (κ1) is 22.3. The van der Waals surface area contributed by atoms with Crippen molar-refractivity contribution in [3.05, 3.63) is 35.4 Å². The van der Waals surface area contributed by atoms with Crippen LogP contribution in [0.4, 0.5) is 0 Å². The first-order chi connectivity index (χ1) is 14.4. The molecule has 0 aromatic heterocycles. The van der Waals surface area contributed by atoms with Crippen molar-refractivity contribution in [3.63, 3.8) is 0 Å². The molecule has 30 heavy (non-hydrogen) atoms. The first-order valence-corrected chi connectivity index (χ1v) is 11.2. The zero-order valence-corrected chi connectivity index (χ0v) is 18.5. The lowest BCUT2D eigenvalue weighted by atomic mass is 9.80. The molecule has 0 unspecified atom stereocenters. The van der Waals surface area contributed by atoms with Gasteiger partial charge < -0.3 is 10.2 Å². The van der Waals surface area contributed by atoms with Crippen LogP contribution in [0.15, 0.2) is 24.3 Å². The second kappa shape index (κ2) is 9.61. The smallest absolute Gasteiger partial charge is 0.261 e. The highest BCUT2D eigenvalue weighted by molar-refractivity contribution is 5.99. The van der Waals surface area contributed by atoms with E-state index in [0.717, 1.165) is 50.1 Å². The molecule has 1 aromatic carbocycles. The van der Waals surface area contributed by atoms with Gasteiger partial charge >= 0.3 is 0 Å². The van der Waals surface area contributed by atoms with Crippen LogP contribution in [-0.2, 0) is 4.79 Å². The van der Waals surface area contributed by atoms with Crippen LogP contribution in [0.25, 0.3) is 0 Å². The molecule has 1 aliphatic carbocycles. The van der Waals surface area contributed by atoms with Crippen LogP contribution in [0.1, 0.15) is 80.6 Å². The van der Waals surface area contributed by atoms with Crippen molar-refractivity contribution < 1.29 is 9.59 Å². The van der Waals surface area contributed by atoms with Gasteiger partial charge in [0.05, 0.1) is 0 Å². The molecule has 1 saturated carbocycles. The number of nitriles is 1. The van der Waals surface area contributed by atoms with Gasteiger partial charge in [-0.05, 0) is 76.2 Å². The van der Waals surface area contributed by atoms with Gasteiger partial charge in [0.1, 0.15) is 5.54 Å². The molecule has 2 fully saturated rings. The Bertz CT molecular complexity index is 782. The zero-order chi connectivity index (χ0) is 21.7. The zero-order valence-electron chi connectivity index (χ0n) is 18.5. The molecular formula is C24H34N4O2. The van der Waals surface area contributed by atoms with E-state index in [9.17, 15) is 9.59 Å². The minimum atomic E-state index is -0.970. The van der Waals surface area contributed by atoms with E-state index in [-0.39, 0.29) is 11.8 Å². The molecule has 0 radical (unpaired) electrons. The summed E-state index contributed by atoms with van der Waals surface area (Å²) in [6.07, 6.45) is 8.12. The second-order valence-electron chi connectivity index (χ2n) is 9.09. The minimum absolute atomic E-state index is 0.238. The number of nitrogens with one attached hydrogen (secondary N) is 1. The Morgan fingerprint density at radius 1 is 1.13 bits per heavy atom. The predicted molar refractivity (Wildman–Crippen MR) is 117 cm³/mol. The van der Waals surface area contributed by atoms with Crippen LogP contribution < -0.4 is 5.32 Å². The molecule has 1 heterocycles. The molecule has 0 spiro atoms. The van der Waals surface area contributed by atoms with Crippen LogP contribution in [0.5, 0.6) is 0 Å². The third kappa shape index (κ3) is 4.84. The SMILES string of the molecule is CC(C)N1CCC(c2ccc(C(=O)NC3(C(=O)N(C)C#N)CCCCC3)cc2)CC1. The number of piperidine rings is 1. The van der Waals surface area contributed by atoms with E-state index in [1.54, 1.807) is 0 Å². The van der Waals surface area contributed by atoms with Crippen LogP contribution in [0.2, 0.25) is 0 Å². The lowest BCUT2D eigenvalue weighted by Gasteiger charge is -2.37. The molecule has 6 nitrogen and oxygen atoms in total. The Labute approximate surface area is 180 Å². The van der Waals surface area contributed by atoms with Crippen molar-refractivity contribution >= 4 is 11.8 Å². The highest BCUT2D eigenvalue weighted by Gasteiger charge is 2.43. The highest BCUT2D eigenvalue weighted by Crippen LogP contribution is 2.31. The van der Waals surface area contributed by atoms with Gasteiger partial charge in [0.15, 0.2) is 6.19 Å². The molecule has 1 N–H and O–H groups in total. The van der Waals surface area contributed by atoms with Gasteiger partial charge in [0.25, 0.3) is 11.8 Å². The molecule has 2 amide bonds. The quantitative estimate of drug-likeness (QED) is 0.594. The number of likely N-dealkylation sites (tertiary alicyclic amines) is 1. The first-order valence-electron chi connectivity index (χ1n) is 11.2. The molecule has 6 heteroatoms. The molecule has 162 valence electrons. The molecule has 0 atom stereocenters.